The average molecular weight is 583 g/mol. The number of carbonyl (C=O) groups is 1. The molecule has 0 bridgehead atoms. The SMILES string of the molecule is Cc1ccc(N=C(/C=C(\N)C(C)(C)C)NC(=O)N[C@H]2CC[C@@H](Oc3ccc(=N)n(C(=N)N(C)C)c3)c3ccccc32)cc1. The summed E-state index contributed by atoms with van der Waals surface area (Å²) in [5, 5.41) is 22.5. The Morgan fingerprint density at radius 3 is 2.40 bits per heavy atom. The predicted molar refractivity (Wildman–Crippen MR) is 171 cm³/mol. The van der Waals surface area contributed by atoms with E-state index in [2.05, 4.69) is 15.6 Å². The zero-order valence-corrected chi connectivity index (χ0v) is 25.7. The number of nitrogens with two attached hydrogens (primary N) is 1. The van der Waals surface area contributed by atoms with E-state index in [0.29, 0.717) is 35.8 Å². The number of aromatic nitrogens is 1. The van der Waals surface area contributed by atoms with Gasteiger partial charge in [-0.05, 0) is 55.2 Å². The van der Waals surface area contributed by atoms with Crippen molar-refractivity contribution in [2.75, 3.05) is 14.1 Å². The maximum absolute atomic E-state index is 13.3. The van der Waals surface area contributed by atoms with Crippen molar-refractivity contribution in [2.24, 2.45) is 16.1 Å². The fourth-order valence-corrected chi connectivity index (χ4v) is 4.66. The van der Waals surface area contributed by atoms with Crippen LogP contribution in [0.2, 0.25) is 0 Å². The first kappa shape index (κ1) is 31.1. The van der Waals surface area contributed by atoms with Gasteiger partial charge in [-0.1, -0.05) is 62.7 Å². The molecule has 0 aliphatic heterocycles. The molecule has 226 valence electrons. The minimum atomic E-state index is -0.378. The monoisotopic (exact) mass is 582 g/mol. The van der Waals surface area contributed by atoms with Gasteiger partial charge in [0, 0.05) is 31.3 Å². The zero-order valence-electron chi connectivity index (χ0n) is 25.7. The summed E-state index contributed by atoms with van der Waals surface area (Å²) in [6, 6.07) is 18.4. The van der Waals surface area contributed by atoms with Crippen LogP contribution in [0.15, 0.2) is 83.6 Å². The summed E-state index contributed by atoms with van der Waals surface area (Å²) in [6.45, 7) is 8.03. The van der Waals surface area contributed by atoms with Gasteiger partial charge in [-0.2, -0.15) is 0 Å². The van der Waals surface area contributed by atoms with E-state index in [9.17, 15) is 4.79 Å². The zero-order chi connectivity index (χ0) is 31.3. The Morgan fingerprint density at radius 2 is 1.74 bits per heavy atom. The van der Waals surface area contributed by atoms with E-state index in [0.717, 1.165) is 16.7 Å². The highest BCUT2D eigenvalue weighted by Crippen LogP contribution is 2.38. The van der Waals surface area contributed by atoms with Crippen molar-refractivity contribution in [3.63, 3.8) is 0 Å². The number of carbonyl (C=O) groups excluding carboxylic acids is 1. The Kier molecular flexibility index (Phi) is 9.38. The van der Waals surface area contributed by atoms with Crippen LogP contribution in [0.1, 0.15) is 62.4 Å². The lowest BCUT2D eigenvalue weighted by atomic mass is 9.85. The van der Waals surface area contributed by atoms with E-state index >= 15 is 0 Å². The van der Waals surface area contributed by atoms with E-state index in [-0.39, 0.29) is 35.0 Å². The van der Waals surface area contributed by atoms with Crippen LogP contribution in [0.4, 0.5) is 10.5 Å². The Labute approximate surface area is 253 Å². The third kappa shape index (κ3) is 7.91. The smallest absolute Gasteiger partial charge is 0.320 e. The van der Waals surface area contributed by atoms with E-state index in [4.69, 9.17) is 21.3 Å². The Hall–Kier alpha value is -4.86. The quantitative estimate of drug-likeness (QED) is 0.200. The van der Waals surface area contributed by atoms with Crippen LogP contribution >= 0.6 is 0 Å². The van der Waals surface area contributed by atoms with Crippen LogP contribution in [-0.2, 0) is 0 Å². The summed E-state index contributed by atoms with van der Waals surface area (Å²) in [5.74, 6) is 1.08. The van der Waals surface area contributed by atoms with Gasteiger partial charge in [0.05, 0.1) is 17.9 Å². The third-order valence-corrected chi connectivity index (χ3v) is 7.28. The molecule has 43 heavy (non-hydrogen) atoms. The summed E-state index contributed by atoms with van der Waals surface area (Å²) in [7, 11) is 3.52. The number of benzene rings is 2. The lowest BCUT2D eigenvalue weighted by molar-refractivity contribution is 0.171. The van der Waals surface area contributed by atoms with E-state index in [1.807, 2.05) is 76.2 Å². The molecule has 2 atom stereocenters. The van der Waals surface area contributed by atoms with Crippen molar-refractivity contribution < 1.29 is 9.53 Å². The van der Waals surface area contributed by atoms with Crippen LogP contribution in [0.5, 0.6) is 5.75 Å². The van der Waals surface area contributed by atoms with Gasteiger partial charge >= 0.3 is 6.03 Å². The van der Waals surface area contributed by atoms with Crippen molar-refractivity contribution >= 4 is 23.5 Å². The molecule has 1 heterocycles. The highest BCUT2D eigenvalue weighted by Gasteiger charge is 2.29. The normalized spacial score (nSPS) is 17.1. The number of aryl methyl sites for hydroxylation is 1. The predicted octanol–water partition coefficient (Wildman–Crippen LogP) is 5.49. The Bertz CT molecular complexity index is 1600. The van der Waals surface area contributed by atoms with Crippen molar-refractivity contribution in [3.05, 3.63) is 101 Å². The van der Waals surface area contributed by atoms with Gasteiger partial charge < -0.3 is 20.7 Å². The van der Waals surface area contributed by atoms with Gasteiger partial charge in [0.25, 0.3) is 0 Å². The van der Waals surface area contributed by atoms with Gasteiger partial charge in [0.15, 0.2) is 0 Å². The number of nitrogens with zero attached hydrogens (tertiary/aromatic N) is 3. The molecule has 0 saturated heterocycles. The summed E-state index contributed by atoms with van der Waals surface area (Å²) < 4.78 is 7.85. The summed E-state index contributed by atoms with van der Waals surface area (Å²) in [5.41, 5.74) is 10.6. The molecule has 4 rings (SSSR count). The van der Waals surface area contributed by atoms with Crippen LogP contribution in [-0.4, -0.2) is 41.4 Å². The summed E-state index contributed by atoms with van der Waals surface area (Å²) in [4.78, 5) is 19.6. The number of hydrogen-bond donors (Lipinski definition) is 5. The largest absolute Gasteiger partial charge is 0.484 e. The van der Waals surface area contributed by atoms with Crippen LogP contribution in [0.25, 0.3) is 0 Å². The standard InChI is InChI=1S/C33H42N8O2/c1-21-11-13-22(14-12-21)37-30(19-28(34)33(2,3)4)39-32(42)38-26-16-17-27(25-10-8-7-9-24(25)26)43-23-15-18-29(35)41(20-23)31(36)40(5)6/h7-15,18-20,26-27,35-36H,16-17,34H2,1-6H3,(H2,37,38,39,42)/b28-19-,35-29?,36-31?/t26-,27+/m0/s1. The van der Waals surface area contributed by atoms with Crippen molar-refractivity contribution in [1.29, 1.82) is 10.8 Å². The third-order valence-electron chi connectivity index (χ3n) is 7.28. The second-order valence-electron chi connectivity index (χ2n) is 12.0. The molecule has 0 spiro atoms. The molecule has 0 saturated carbocycles. The first-order chi connectivity index (χ1) is 20.3. The van der Waals surface area contributed by atoms with Gasteiger partial charge in [-0.3, -0.25) is 20.7 Å². The number of allylic oxidation sites excluding steroid dienone is 1. The van der Waals surface area contributed by atoms with Crippen molar-refractivity contribution in [2.45, 2.75) is 52.7 Å². The molecule has 0 unspecified atom stereocenters. The second kappa shape index (κ2) is 13.0. The highest BCUT2D eigenvalue weighted by molar-refractivity contribution is 6.05. The molecule has 1 aromatic heterocycles. The van der Waals surface area contributed by atoms with Crippen LogP contribution in [0, 0.1) is 23.2 Å². The lowest BCUT2D eigenvalue weighted by Crippen LogP contribution is -2.42. The number of amidine groups is 1. The number of ether oxygens (including phenoxy) is 1. The number of rotatable bonds is 5. The lowest BCUT2D eigenvalue weighted by Gasteiger charge is -2.32. The maximum Gasteiger partial charge on any atom is 0.320 e. The molecular weight excluding hydrogens is 540 g/mol. The fraction of sp³-hybridized carbons (Fsp3) is 0.333. The molecule has 1 aliphatic rings. The summed E-state index contributed by atoms with van der Waals surface area (Å²) in [6.07, 6.45) is 4.45. The molecule has 1 aliphatic carbocycles. The fourth-order valence-electron chi connectivity index (χ4n) is 4.66. The molecule has 2 amide bonds. The van der Waals surface area contributed by atoms with Crippen LogP contribution < -0.4 is 26.6 Å². The number of aliphatic imine (C=N–C) groups is 1. The van der Waals surface area contributed by atoms with E-state index < -0.39 is 0 Å². The average Bonchev–Trinajstić information content (AvgIpc) is 2.95. The van der Waals surface area contributed by atoms with Gasteiger partial charge in [0.2, 0.25) is 5.96 Å². The molecule has 2 aromatic carbocycles. The van der Waals surface area contributed by atoms with E-state index in [1.165, 1.54) is 4.57 Å². The first-order valence-corrected chi connectivity index (χ1v) is 14.3. The van der Waals surface area contributed by atoms with Gasteiger partial charge in [-0.25, -0.2) is 9.79 Å². The molecule has 0 fully saturated rings. The van der Waals surface area contributed by atoms with Gasteiger partial charge in [-0.15, -0.1) is 0 Å². The number of amides is 2. The first-order valence-electron chi connectivity index (χ1n) is 14.3. The molecule has 3 aromatic rings. The molecule has 6 N–H and O–H groups in total. The Morgan fingerprint density at radius 1 is 1.07 bits per heavy atom. The number of nitrogens with one attached hydrogen (secondary N) is 4. The van der Waals surface area contributed by atoms with Crippen molar-refractivity contribution in [3.8, 4) is 5.75 Å². The number of hydrogen-bond acceptors (Lipinski definition) is 6. The highest BCUT2D eigenvalue weighted by atomic mass is 16.5. The minimum Gasteiger partial charge on any atom is -0.484 e. The number of urea groups is 1. The topological polar surface area (TPSA) is 145 Å². The second-order valence-corrected chi connectivity index (χ2v) is 12.0. The maximum atomic E-state index is 13.3. The minimum absolute atomic E-state index is 0.166. The Balaban J connectivity index is 1.53. The van der Waals surface area contributed by atoms with Crippen molar-refractivity contribution in [1.82, 2.24) is 20.1 Å². The van der Waals surface area contributed by atoms with Crippen LogP contribution in [0.3, 0.4) is 0 Å². The van der Waals surface area contributed by atoms with Gasteiger partial charge in [0.1, 0.15) is 23.2 Å². The molecule has 10 nitrogen and oxygen atoms in total. The number of pyridine rings is 1. The number of fused-ring (bicyclic) bond motifs is 1. The van der Waals surface area contributed by atoms with E-state index in [1.54, 1.807) is 43.4 Å². The molecule has 10 heteroatoms. The summed E-state index contributed by atoms with van der Waals surface area (Å²) >= 11 is 0. The molecular formula is C33H42N8O2. The molecule has 0 radical (unpaired) electrons.